The summed E-state index contributed by atoms with van der Waals surface area (Å²) in [5.41, 5.74) is 6.31. The van der Waals surface area contributed by atoms with Crippen LogP contribution in [0.15, 0.2) is 0 Å². The number of carbonyl (C=O) groups is 1. The molecule has 3 heterocycles. The molecule has 2 aliphatic heterocycles. The Hall–Kier alpha value is -1.46. The third kappa shape index (κ3) is 3.47. The van der Waals surface area contributed by atoms with Crippen LogP contribution in [0.5, 0.6) is 0 Å². The number of ether oxygens (including phenoxy) is 2. The summed E-state index contributed by atoms with van der Waals surface area (Å²) in [6, 6.07) is 0. The second-order valence-corrected chi connectivity index (χ2v) is 6.87. The number of unbranched alkanes of at least 4 members (excludes halogenated alkanes) is 1. The Morgan fingerprint density at radius 3 is 2.96 bits per heavy atom. The highest BCUT2D eigenvalue weighted by molar-refractivity contribution is 5.77. The van der Waals surface area contributed by atoms with E-state index in [1.54, 1.807) is 7.11 Å². The normalized spacial score (nSPS) is 19.8. The number of pyridine rings is 1. The number of fused-ring (bicyclic) bond motifs is 3. The van der Waals surface area contributed by atoms with Gasteiger partial charge < -0.3 is 14.4 Å². The molecular formula is C19H28N2O3. The molecule has 132 valence electrons. The lowest BCUT2D eigenvalue weighted by Gasteiger charge is -2.34. The van der Waals surface area contributed by atoms with Crippen LogP contribution in [-0.4, -0.2) is 42.2 Å². The second kappa shape index (κ2) is 7.62. The fourth-order valence-electron chi connectivity index (χ4n) is 3.70. The number of hydrogen-bond acceptors (Lipinski definition) is 4. The van der Waals surface area contributed by atoms with E-state index >= 15 is 0 Å². The highest BCUT2D eigenvalue weighted by Crippen LogP contribution is 2.32. The number of aryl methyl sites for hydroxylation is 1. The smallest absolute Gasteiger partial charge is 0.248 e. The summed E-state index contributed by atoms with van der Waals surface area (Å²) in [5, 5.41) is 0. The van der Waals surface area contributed by atoms with Crippen LogP contribution in [0.2, 0.25) is 0 Å². The van der Waals surface area contributed by atoms with E-state index in [0.717, 1.165) is 25.8 Å². The summed E-state index contributed by atoms with van der Waals surface area (Å²) < 4.78 is 10.9. The quantitative estimate of drug-likeness (QED) is 0.831. The maximum Gasteiger partial charge on any atom is 0.248 e. The fourth-order valence-corrected chi connectivity index (χ4v) is 3.70. The largest absolute Gasteiger partial charge is 0.375 e. The van der Waals surface area contributed by atoms with Crippen molar-refractivity contribution in [1.82, 2.24) is 9.88 Å². The van der Waals surface area contributed by atoms with Gasteiger partial charge in [0.25, 0.3) is 0 Å². The van der Waals surface area contributed by atoms with E-state index in [1.165, 1.54) is 40.9 Å². The molecule has 1 amide bonds. The van der Waals surface area contributed by atoms with Crippen molar-refractivity contribution in [1.29, 1.82) is 0 Å². The molecule has 24 heavy (non-hydrogen) atoms. The van der Waals surface area contributed by atoms with Crippen molar-refractivity contribution in [3.8, 4) is 0 Å². The molecule has 0 N–H and O–H groups in total. The summed E-state index contributed by atoms with van der Waals surface area (Å²) in [6.07, 6.45) is 5.40. The lowest BCUT2D eigenvalue weighted by atomic mass is 9.89. The van der Waals surface area contributed by atoms with Crippen molar-refractivity contribution < 1.29 is 14.3 Å². The molecule has 0 bridgehead atoms. The molecule has 1 atom stereocenters. The number of hydrogen-bond donors (Lipinski definition) is 0. The van der Waals surface area contributed by atoms with Gasteiger partial charge in [-0.2, -0.15) is 0 Å². The Bertz CT molecular complexity index is 615. The topological polar surface area (TPSA) is 51.7 Å². The van der Waals surface area contributed by atoms with Crippen LogP contribution in [0.1, 0.15) is 54.8 Å². The molecule has 0 radical (unpaired) electrons. The van der Waals surface area contributed by atoms with E-state index in [-0.39, 0.29) is 18.6 Å². The van der Waals surface area contributed by atoms with Crippen LogP contribution in [0, 0.1) is 0 Å². The summed E-state index contributed by atoms with van der Waals surface area (Å²) in [4.78, 5) is 19.1. The Kier molecular flexibility index (Phi) is 5.51. The van der Waals surface area contributed by atoms with Crippen molar-refractivity contribution in [3.63, 3.8) is 0 Å². The number of rotatable bonds is 5. The highest BCUT2D eigenvalue weighted by atomic mass is 16.5. The van der Waals surface area contributed by atoms with Crippen LogP contribution in [-0.2, 0) is 46.7 Å². The molecular weight excluding hydrogens is 304 g/mol. The minimum Gasteiger partial charge on any atom is -0.375 e. The molecule has 0 aromatic carbocycles. The Morgan fingerprint density at radius 1 is 1.38 bits per heavy atom. The zero-order chi connectivity index (χ0) is 17.1. The van der Waals surface area contributed by atoms with E-state index in [9.17, 15) is 4.79 Å². The second-order valence-electron chi connectivity index (χ2n) is 6.87. The first-order chi connectivity index (χ1) is 11.6. The third-order valence-corrected chi connectivity index (χ3v) is 5.05. The van der Waals surface area contributed by atoms with Crippen molar-refractivity contribution in [3.05, 3.63) is 28.1 Å². The predicted molar refractivity (Wildman–Crippen MR) is 91.8 cm³/mol. The van der Waals surface area contributed by atoms with Crippen LogP contribution in [0.25, 0.3) is 0 Å². The SMILES string of the molecule is CCCCc1nc2c(c3c1C[C@H](C)OC3)CN(C(=O)COC)CC2. The summed E-state index contributed by atoms with van der Waals surface area (Å²) in [5.74, 6) is 0.0528. The number of methoxy groups -OCH3 is 1. The average Bonchev–Trinajstić information content (AvgIpc) is 2.59. The molecule has 3 rings (SSSR count). The van der Waals surface area contributed by atoms with Crippen LogP contribution < -0.4 is 0 Å². The molecule has 0 unspecified atom stereocenters. The fraction of sp³-hybridized carbons (Fsp3) is 0.684. The summed E-state index contributed by atoms with van der Waals surface area (Å²) in [6.45, 7) is 6.50. The number of aromatic nitrogens is 1. The van der Waals surface area contributed by atoms with Gasteiger partial charge in [-0.25, -0.2) is 0 Å². The third-order valence-electron chi connectivity index (χ3n) is 5.05. The maximum absolute atomic E-state index is 12.2. The molecule has 5 heteroatoms. The number of nitrogens with zero attached hydrogens (tertiary/aromatic N) is 2. The van der Waals surface area contributed by atoms with Gasteiger partial charge >= 0.3 is 0 Å². The Labute approximate surface area is 144 Å². The Balaban J connectivity index is 1.94. The molecule has 2 aliphatic rings. The van der Waals surface area contributed by atoms with E-state index in [2.05, 4.69) is 13.8 Å². The van der Waals surface area contributed by atoms with Gasteiger partial charge in [0.05, 0.1) is 12.7 Å². The molecule has 1 aromatic heterocycles. The number of amides is 1. The van der Waals surface area contributed by atoms with Crippen molar-refractivity contribution >= 4 is 5.91 Å². The van der Waals surface area contributed by atoms with Crippen LogP contribution >= 0.6 is 0 Å². The molecule has 1 aromatic rings. The van der Waals surface area contributed by atoms with Crippen LogP contribution in [0.4, 0.5) is 0 Å². The van der Waals surface area contributed by atoms with Gasteiger partial charge in [0.15, 0.2) is 0 Å². The Morgan fingerprint density at radius 2 is 2.21 bits per heavy atom. The van der Waals surface area contributed by atoms with Gasteiger partial charge in [0, 0.05) is 44.4 Å². The van der Waals surface area contributed by atoms with Crippen molar-refractivity contribution in [2.45, 2.75) is 65.2 Å². The molecule has 0 fully saturated rings. The van der Waals surface area contributed by atoms with Gasteiger partial charge in [0.2, 0.25) is 5.91 Å². The van der Waals surface area contributed by atoms with Crippen molar-refractivity contribution in [2.75, 3.05) is 20.3 Å². The average molecular weight is 332 g/mol. The first-order valence-electron chi connectivity index (χ1n) is 9.04. The molecule has 0 aliphatic carbocycles. The maximum atomic E-state index is 12.2. The zero-order valence-electron chi connectivity index (χ0n) is 15.1. The molecule has 5 nitrogen and oxygen atoms in total. The van der Waals surface area contributed by atoms with Crippen LogP contribution in [0.3, 0.4) is 0 Å². The van der Waals surface area contributed by atoms with E-state index in [1.807, 2.05) is 4.90 Å². The minimum absolute atomic E-state index is 0.0528. The highest BCUT2D eigenvalue weighted by Gasteiger charge is 2.29. The lowest BCUT2D eigenvalue weighted by molar-refractivity contribution is -0.136. The first kappa shape index (κ1) is 17.4. The summed E-state index contributed by atoms with van der Waals surface area (Å²) >= 11 is 0. The van der Waals surface area contributed by atoms with Gasteiger partial charge in [0.1, 0.15) is 6.61 Å². The summed E-state index contributed by atoms with van der Waals surface area (Å²) in [7, 11) is 1.56. The standard InChI is InChI=1S/C19H28N2O3/c1-4-5-6-17-14-9-13(2)24-11-16(14)15-10-21(19(22)12-23-3)8-7-18(15)20-17/h13H,4-12H2,1-3H3/t13-/m0/s1. The predicted octanol–water partition coefficient (Wildman–Crippen LogP) is 2.42. The first-order valence-corrected chi connectivity index (χ1v) is 9.04. The van der Waals surface area contributed by atoms with E-state index in [0.29, 0.717) is 13.2 Å². The van der Waals surface area contributed by atoms with Gasteiger partial charge in [-0.05, 0) is 36.5 Å². The van der Waals surface area contributed by atoms with Crippen molar-refractivity contribution in [2.24, 2.45) is 0 Å². The number of carbonyl (C=O) groups excluding carboxylic acids is 1. The van der Waals surface area contributed by atoms with E-state index in [4.69, 9.17) is 14.5 Å². The van der Waals surface area contributed by atoms with E-state index < -0.39 is 0 Å². The monoisotopic (exact) mass is 332 g/mol. The molecule has 0 saturated carbocycles. The van der Waals surface area contributed by atoms with Gasteiger partial charge in [-0.3, -0.25) is 9.78 Å². The van der Waals surface area contributed by atoms with Gasteiger partial charge in [-0.15, -0.1) is 0 Å². The lowest BCUT2D eigenvalue weighted by Crippen LogP contribution is -2.39. The minimum atomic E-state index is 0.0528. The molecule has 0 spiro atoms. The molecule has 0 saturated heterocycles. The zero-order valence-corrected chi connectivity index (χ0v) is 15.1. The van der Waals surface area contributed by atoms with Gasteiger partial charge in [-0.1, -0.05) is 13.3 Å².